The fourth-order valence-electron chi connectivity index (χ4n) is 4.68. The number of hydrogen-bond acceptors (Lipinski definition) is 4. The van der Waals surface area contributed by atoms with E-state index in [-0.39, 0.29) is 22.8 Å². The molecule has 0 aliphatic heterocycles. The maximum Gasteiger partial charge on any atom is 0.262 e. The Labute approximate surface area is 176 Å². The summed E-state index contributed by atoms with van der Waals surface area (Å²) in [7, 11) is 0. The molecule has 0 spiro atoms. The lowest BCUT2D eigenvalue weighted by Crippen LogP contribution is -2.36. The second-order valence-corrected chi connectivity index (χ2v) is 9.84. The number of hydrogen-bond donors (Lipinski definition) is 1. The van der Waals surface area contributed by atoms with E-state index in [1.807, 2.05) is 35.8 Å². The van der Waals surface area contributed by atoms with E-state index in [1.54, 1.807) is 0 Å². The molecule has 156 valence electrons. The highest BCUT2D eigenvalue weighted by Gasteiger charge is 2.26. The third kappa shape index (κ3) is 4.68. The van der Waals surface area contributed by atoms with Crippen LogP contribution < -0.4 is 10.9 Å². The molecule has 1 unspecified atom stereocenters. The van der Waals surface area contributed by atoms with Gasteiger partial charge in [0.25, 0.3) is 5.56 Å². The van der Waals surface area contributed by atoms with Crippen molar-refractivity contribution < 1.29 is 4.79 Å². The third-order valence-corrected chi connectivity index (χ3v) is 7.47. The Balaban J connectivity index is 1.53. The summed E-state index contributed by atoms with van der Waals surface area (Å²) >= 11 is 1.42. The molecule has 2 aromatic rings. The molecule has 4 rings (SSSR count). The standard InChI is InChI=1S/C23H31N3O2S/c1-16(21(27)24-15-17-9-3-2-4-10-17)29-23-25-20-14-8-7-13-19(20)22(28)26(23)18-11-5-6-12-18/h7-8,13-14,16-18H,2-6,9-12,15H2,1H3,(H,24,27). The molecule has 0 saturated heterocycles. The molecule has 1 N–H and O–H groups in total. The summed E-state index contributed by atoms with van der Waals surface area (Å²) in [6.07, 6.45) is 10.6. The number of aromatic nitrogens is 2. The summed E-state index contributed by atoms with van der Waals surface area (Å²) in [4.78, 5) is 30.8. The minimum absolute atomic E-state index is 0.0276. The normalized spacial score (nSPS) is 19.5. The fourth-order valence-corrected chi connectivity index (χ4v) is 5.69. The maximum atomic E-state index is 13.2. The summed E-state index contributed by atoms with van der Waals surface area (Å²) in [5, 5.41) is 4.21. The number of benzene rings is 1. The van der Waals surface area contributed by atoms with E-state index in [4.69, 9.17) is 4.98 Å². The number of carbonyl (C=O) groups is 1. The van der Waals surface area contributed by atoms with Crippen LogP contribution in [0.15, 0.2) is 34.2 Å². The monoisotopic (exact) mass is 413 g/mol. The van der Waals surface area contributed by atoms with Gasteiger partial charge in [0.1, 0.15) is 0 Å². The molecule has 1 aromatic heterocycles. The van der Waals surface area contributed by atoms with Gasteiger partial charge in [-0.15, -0.1) is 0 Å². The van der Waals surface area contributed by atoms with Gasteiger partial charge in [0.15, 0.2) is 5.16 Å². The van der Waals surface area contributed by atoms with Crippen molar-refractivity contribution in [3.05, 3.63) is 34.6 Å². The predicted molar refractivity (Wildman–Crippen MR) is 118 cm³/mol. The van der Waals surface area contributed by atoms with E-state index >= 15 is 0 Å². The second-order valence-electron chi connectivity index (χ2n) is 8.53. The number of para-hydroxylation sites is 1. The maximum absolute atomic E-state index is 13.2. The van der Waals surface area contributed by atoms with Crippen LogP contribution in [0.5, 0.6) is 0 Å². The number of carbonyl (C=O) groups excluding carboxylic acids is 1. The molecule has 6 heteroatoms. The van der Waals surface area contributed by atoms with Crippen LogP contribution in [0.3, 0.4) is 0 Å². The van der Waals surface area contributed by atoms with E-state index in [2.05, 4.69) is 5.32 Å². The summed E-state index contributed by atoms with van der Waals surface area (Å²) < 4.78 is 1.87. The summed E-state index contributed by atoms with van der Waals surface area (Å²) in [5.41, 5.74) is 0.740. The Morgan fingerprint density at radius 3 is 2.59 bits per heavy atom. The second kappa shape index (κ2) is 9.33. The van der Waals surface area contributed by atoms with Crippen LogP contribution in [-0.4, -0.2) is 27.3 Å². The number of nitrogens with zero attached hydrogens (tertiary/aromatic N) is 2. The first-order valence-electron chi connectivity index (χ1n) is 11.1. The Morgan fingerprint density at radius 1 is 1.14 bits per heavy atom. The molecular weight excluding hydrogens is 382 g/mol. The Bertz CT molecular complexity index is 914. The van der Waals surface area contributed by atoms with Gasteiger partial charge in [-0.05, 0) is 50.7 Å². The molecule has 0 bridgehead atoms. The van der Waals surface area contributed by atoms with Gasteiger partial charge in [-0.1, -0.05) is 56.0 Å². The minimum Gasteiger partial charge on any atom is -0.355 e. The summed E-state index contributed by atoms with van der Waals surface area (Å²) in [5.74, 6) is 0.654. The van der Waals surface area contributed by atoms with Crippen LogP contribution in [0.4, 0.5) is 0 Å². The smallest absolute Gasteiger partial charge is 0.262 e. The van der Waals surface area contributed by atoms with Gasteiger partial charge in [-0.25, -0.2) is 4.98 Å². The van der Waals surface area contributed by atoms with Gasteiger partial charge < -0.3 is 5.32 Å². The van der Waals surface area contributed by atoms with Crippen LogP contribution in [0.25, 0.3) is 10.9 Å². The summed E-state index contributed by atoms with van der Waals surface area (Å²) in [6, 6.07) is 7.72. The predicted octanol–water partition coefficient (Wildman–Crippen LogP) is 4.69. The highest BCUT2D eigenvalue weighted by Crippen LogP contribution is 2.33. The zero-order chi connectivity index (χ0) is 20.2. The van der Waals surface area contributed by atoms with Crippen molar-refractivity contribution in [3.63, 3.8) is 0 Å². The zero-order valence-corrected chi connectivity index (χ0v) is 18.0. The molecule has 1 heterocycles. The Hall–Kier alpha value is -1.82. The molecule has 1 amide bonds. The van der Waals surface area contributed by atoms with Crippen molar-refractivity contribution >= 4 is 28.6 Å². The molecule has 2 fully saturated rings. The first kappa shape index (κ1) is 20.5. The third-order valence-electron chi connectivity index (χ3n) is 6.41. The molecule has 1 aromatic carbocycles. The van der Waals surface area contributed by atoms with Crippen LogP contribution in [0.1, 0.15) is 70.8 Å². The van der Waals surface area contributed by atoms with E-state index in [0.717, 1.165) is 32.2 Å². The molecule has 2 aliphatic rings. The van der Waals surface area contributed by atoms with E-state index in [0.29, 0.717) is 22.0 Å². The van der Waals surface area contributed by atoms with Gasteiger partial charge in [0.2, 0.25) is 5.91 Å². The average Bonchev–Trinajstić information content (AvgIpc) is 3.27. The van der Waals surface area contributed by atoms with Gasteiger partial charge in [-0.3, -0.25) is 14.2 Å². The van der Waals surface area contributed by atoms with E-state index in [9.17, 15) is 9.59 Å². The zero-order valence-electron chi connectivity index (χ0n) is 17.2. The van der Waals surface area contributed by atoms with Crippen molar-refractivity contribution in [2.75, 3.05) is 6.54 Å². The van der Waals surface area contributed by atoms with Crippen molar-refractivity contribution in [1.82, 2.24) is 14.9 Å². The van der Waals surface area contributed by atoms with Gasteiger partial charge in [-0.2, -0.15) is 0 Å². The Kier molecular flexibility index (Phi) is 6.58. The molecule has 2 saturated carbocycles. The van der Waals surface area contributed by atoms with Crippen molar-refractivity contribution in [2.45, 2.75) is 81.2 Å². The van der Waals surface area contributed by atoms with E-state index < -0.39 is 0 Å². The fraction of sp³-hybridized carbons (Fsp3) is 0.609. The number of amides is 1. The average molecular weight is 414 g/mol. The highest BCUT2D eigenvalue weighted by atomic mass is 32.2. The van der Waals surface area contributed by atoms with Crippen LogP contribution in [0, 0.1) is 5.92 Å². The number of nitrogens with one attached hydrogen (secondary N) is 1. The molecule has 1 atom stereocenters. The number of thioether (sulfide) groups is 1. The quantitative estimate of drug-likeness (QED) is 0.551. The summed E-state index contributed by atoms with van der Waals surface area (Å²) in [6.45, 7) is 2.69. The highest BCUT2D eigenvalue weighted by molar-refractivity contribution is 8.00. The molecule has 5 nitrogen and oxygen atoms in total. The van der Waals surface area contributed by atoms with Crippen LogP contribution >= 0.6 is 11.8 Å². The van der Waals surface area contributed by atoms with Crippen molar-refractivity contribution in [2.24, 2.45) is 5.92 Å². The molecule has 2 aliphatic carbocycles. The molecule has 0 radical (unpaired) electrons. The molecular formula is C23H31N3O2S. The molecule has 29 heavy (non-hydrogen) atoms. The van der Waals surface area contributed by atoms with Crippen molar-refractivity contribution in [1.29, 1.82) is 0 Å². The number of rotatable bonds is 6. The van der Waals surface area contributed by atoms with Gasteiger partial charge in [0.05, 0.1) is 16.2 Å². The first-order chi connectivity index (χ1) is 14.1. The largest absolute Gasteiger partial charge is 0.355 e. The number of fused-ring (bicyclic) bond motifs is 1. The Morgan fingerprint density at radius 2 is 1.83 bits per heavy atom. The SMILES string of the molecule is CC(Sc1nc2ccccc2c(=O)n1C1CCCC1)C(=O)NCC1CCCCC1. The van der Waals surface area contributed by atoms with Gasteiger partial charge >= 0.3 is 0 Å². The van der Waals surface area contributed by atoms with Crippen LogP contribution in [0.2, 0.25) is 0 Å². The van der Waals surface area contributed by atoms with Crippen molar-refractivity contribution in [3.8, 4) is 0 Å². The first-order valence-corrected chi connectivity index (χ1v) is 12.0. The van der Waals surface area contributed by atoms with E-state index in [1.165, 1.54) is 43.9 Å². The lowest BCUT2D eigenvalue weighted by atomic mass is 9.89. The minimum atomic E-state index is -0.278. The lowest BCUT2D eigenvalue weighted by Gasteiger charge is -2.23. The lowest BCUT2D eigenvalue weighted by molar-refractivity contribution is -0.120. The van der Waals surface area contributed by atoms with Gasteiger partial charge in [0, 0.05) is 12.6 Å². The topological polar surface area (TPSA) is 64.0 Å². The van der Waals surface area contributed by atoms with Crippen LogP contribution in [-0.2, 0) is 4.79 Å².